The second kappa shape index (κ2) is 4.84. The first-order valence-electron chi connectivity index (χ1n) is 5.11. The Balaban J connectivity index is 2.62. The molecule has 2 aromatic rings. The topological polar surface area (TPSA) is 57.9 Å². The van der Waals surface area contributed by atoms with Crippen molar-refractivity contribution in [3.8, 4) is 11.8 Å². The van der Waals surface area contributed by atoms with Gasteiger partial charge in [-0.15, -0.1) is 0 Å². The van der Waals surface area contributed by atoms with Crippen LogP contribution in [-0.2, 0) is 0 Å². The molecule has 0 spiro atoms. The normalized spacial score (nSPS) is 10.4. The minimum Gasteiger partial charge on any atom is -0.435 e. The van der Waals surface area contributed by atoms with Gasteiger partial charge in [0.05, 0.1) is 16.8 Å². The van der Waals surface area contributed by atoms with Crippen LogP contribution in [0.5, 0.6) is 5.75 Å². The van der Waals surface area contributed by atoms with E-state index >= 15 is 0 Å². The van der Waals surface area contributed by atoms with E-state index in [2.05, 4.69) is 15.0 Å². The zero-order chi connectivity index (χ0) is 13.1. The number of anilines is 1. The highest BCUT2D eigenvalue weighted by atomic mass is 19.3. The van der Waals surface area contributed by atoms with E-state index in [1.54, 1.807) is 13.1 Å². The fourth-order valence-corrected chi connectivity index (χ4v) is 1.70. The van der Waals surface area contributed by atoms with Crippen LogP contribution in [0.3, 0.4) is 0 Å². The first-order valence-corrected chi connectivity index (χ1v) is 5.11. The summed E-state index contributed by atoms with van der Waals surface area (Å²) in [6.07, 6.45) is 1.43. The zero-order valence-electron chi connectivity index (χ0n) is 9.45. The molecule has 0 radical (unpaired) electrons. The van der Waals surface area contributed by atoms with Gasteiger partial charge in [-0.1, -0.05) is 0 Å². The second-order valence-electron chi connectivity index (χ2n) is 3.47. The predicted octanol–water partition coefficient (Wildman–Crippen LogP) is 2.75. The molecule has 0 unspecified atom stereocenters. The summed E-state index contributed by atoms with van der Waals surface area (Å²) in [5, 5.41) is 12.4. The highest BCUT2D eigenvalue weighted by Gasteiger charge is 2.10. The Labute approximate surface area is 102 Å². The zero-order valence-corrected chi connectivity index (χ0v) is 9.45. The molecular formula is C12H9F2N3O. The number of ether oxygens (including phenoxy) is 1. The summed E-state index contributed by atoms with van der Waals surface area (Å²) >= 11 is 0. The Bertz CT molecular complexity index is 622. The average Bonchev–Trinajstić information content (AvgIpc) is 2.36. The lowest BCUT2D eigenvalue weighted by Crippen LogP contribution is -2.02. The van der Waals surface area contributed by atoms with Crippen LogP contribution >= 0.6 is 0 Å². The number of rotatable bonds is 3. The van der Waals surface area contributed by atoms with Crippen molar-refractivity contribution < 1.29 is 13.5 Å². The number of halogens is 2. The third-order valence-corrected chi connectivity index (χ3v) is 2.44. The maximum absolute atomic E-state index is 12.1. The van der Waals surface area contributed by atoms with Crippen molar-refractivity contribution in [1.29, 1.82) is 5.26 Å². The molecule has 4 nitrogen and oxygen atoms in total. The van der Waals surface area contributed by atoms with Crippen LogP contribution in [0.4, 0.5) is 14.5 Å². The molecule has 1 heterocycles. The number of pyridine rings is 1. The van der Waals surface area contributed by atoms with Gasteiger partial charge < -0.3 is 10.1 Å². The molecule has 1 aromatic carbocycles. The standard InChI is InChI=1S/C12H9F2N3O/c1-16-11-7(5-15)6-17-10-3-2-8(4-9(10)11)18-12(13)14/h2-4,6,12H,1H3,(H,16,17). The van der Waals surface area contributed by atoms with E-state index in [4.69, 9.17) is 5.26 Å². The van der Waals surface area contributed by atoms with E-state index in [9.17, 15) is 8.78 Å². The highest BCUT2D eigenvalue weighted by Crippen LogP contribution is 2.29. The third-order valence-electron chi connectivity index (χ3n) is 2.44. The smallest absolute Gasteiger partial charge is 0.387 e. The fraction of sp³-hybridized carbons (Fsp3) is 0.167. The molecule has 0 fully saturated rings. The monoisotopic (exact) mass is 249 g/mol. The summed E-state index contributed by atoms with van der Waals surface area (Å²) in [7, 11) is 1.65. The summed E-state index contributed by atoms with van der Waals surface area (Å²) in [6, 6.07) is 6.39. The van der Waals surface area contributed by atoms with E-state index in [-0.39, 0.29) is 5.75 Å². The number of nitriles is 1. The molecule has 0 bridgehead atoms. The lowest BCUT2D eigenvalue weighted by molar-refractivity contribution is -0.0497. The number of hydrogen-bond acceptors (Lipinski definition) is 4. The number of alkyl halides is 2. The minimum atomic E-state index is -2.88. The van der Waals surface area contributed by atoms with Crippen molar-refractivity contribution in [3.63, 3.8) is 0 Å². The number of hydrogen-bond donors (Lipinski definition) is 1. The van der Waals surface area contributed by atoms with Gasteiger partial charge >= 0.3 is 6.61 Å². The molecule has 0 amide bonds. The maximum Gasteiger partial charge on any atom is 0.387 e. The number of nitrogens with one attached hydrogen (secondary N) is 1. The molecule has 1 aromatic heterocycles. The quantitative estimate of drug-likeness (QED) is 0.908. The molecule has 0 aliphatic carbocycles. The van der Waals surface area contributed by atoms with Crippen molar-refractivity contribution in [2.24, 2.45) is 0 Å². The molecule has 92 valence electrons. The molecule has 6 heteroatoms. The van der Waals surface area contributed by atoms with E-state index in [0.717, 1.165) is 0 Å². The van der Waals surface area contributed by atoms with E-state index in [1.807, 2.05) is 6.07 Å². The molecule has 0 aliphatic heterocycles. The Morgan fingerprint density at radius 3 is 2.83 bits per heavy atom. The largest absolute Gasteiger partial charge is 0.435 e. The summed E-state index contributed by atoms with van der Waals surface area (Å²) in [5.41, 5.74) is 1.49. The van der Waals surface area contributed by atoms with Crippen LogP contribution in [0, 0.1) is 11.3 Å². The van der Waals surface area contributed by atoms with Gasteiger partial charge in [-0.25, -0.2) is 0 Å². The molecule has 18 heavy (non-hydrogen) atoms. The number of aromatic nitrogens is 1. The lowest BCUT2D eigenvalue weighted by Gasteiger charge is -2.09. The summed E-state index contributed by atoms with van der Waals surface area (Å²) in [5.74, 6) is 0.0332. The van der Waals surface area contributed by atoms with Gasteiger partial charge in [0.1, 0.15) is 11.8 Å². The van der Waals surface area contributed by atoms with Crippen molar-refractivity contribution in [2.75, 3.05) is 12.4 Å². The van der Waals surface area contributed by atoms with Gasteiger partial charge in [0.25, 0.3) is 0 Å². The first kappa shape index (κ1) is 12.0. The molecule has 0 aliphatic rings. The Morgan fingerprint density at radius 1 is 1.44 bits per heavy atom. The van der Waals surface area contributed by atoms with Crippen LogP contribution in [0.1, 0.15) is 5.56 Å². The predicted molar refractivity (Wildman–Crippen MR) is 62.6 cm³/mol. The van der Waals surface area contributed by atoms with Crippen LogP contribution < -0.4 is 10.1 Å². The Hall–Kier alpha value is -2.42. The molecule has 1 N–H and O–H groups in total. The van der Waals surface area contributed by atoms with E-state index in [0.29, 0.717) is 22.2 Å². The van der Waals surface area contributed by atoms with Gasteiger partial charge in [0.15, 0.2) is 0 Å². The Morgan fingerprint density at radius 2 is 2.22 bits per heavy atom. The van der Waals surface area contributed by atoms with Crippen molar-refractivity contribution in [1.82, 2.24) is 4.98 Å². The molecule has 0 saturated heterocycles. The molecule has 0 atom stereocenters. The van der Waals surface area contributed by atoms with Gasteiger partial charge in [0, 0.05) is 18.6 Å². The summed E-state index contributed by atoms with van der Waals surface area (Å²) in [4.78, 5) is 4.08. The molecule has 2 rings (SSSR count). The van der Waals surface area contributed by atoms with Crippen molar-refractivity contribution in [3.05, 3.63) is 30.0 Å². The molecular weight excluding hydrogens is 240 g/mol. The van der Waals surface area contributed by atoms with E-state index < -0.39 is 6.61 Å². The second-order valence-corrected chi connectivity index (χ2v) is 3.47. The minimum absolute atomic E-state index is 0.0332. The maximum atomic E-state index is 12.1. The van der Waals surface area contributed by atoms with Crippen LogP contribution in [0.2, 0.25) is 0 Å². The van der Waals surface area contributed by atoms with Crippen molar-refractivity contribution in [2.45, 2.75) is 6.61 Å². The number of benzene rings is 1. The third kappa shape index (κ3) is 2.15. The van der Waals surface area contributed by atoms with Gasteiger partial charge in [0.2, 0.25) is 0 Å². The van der Waals surface area contributed by atoms with Gasteiger partial charge in [-0.3, -0.25) is 4.98 Å². The summed E-state index contributed by atoms with van der Waals surface area (Å²) in [6.45, 7) is -2.88. The average molecular weight is 249 g/mol. The fourth-order valence-electron chi connectivity index (χ4n) is 1.70. The van der Waals surface area contributed by atoms with Crippen LogP contribution in [-0.4, -0.2) is 18.6 Å². The lowest BCUT2D eigenvalue weighted by atomic mass is 10.1. The first-order chi connectivity index (χ1) is 8.65. The van der Waals surface area contributed by atoms with Crippen molar-refractivity contribution >= 4 is 16.6 Å². The molecule has 0 saturated carbocycles. The van der Waals surface area contributed by atoms with Gasteiger partial charge in [-0.05, 0) is 18.2 Å². The van der Waals surface area contributed by atoms with Crippen LogP contribution in [0.25, 0.3) is 10.9 Å². The van der Waals surface area contributed by atoms with Gasteiger partial charge in [-0.2, -0.15) is 14.0 Å². The summed E-state index contributed by atoms with van der Waals surface area (Å²) < 4.78 is 28.6. The highest BCUT2D eigenvalue weighted by molar-refractivity contribution is 5.94. The van der Waals surface area contributed by atoms with E-state index in [1.165, 1.54) is 18.3 Å². The number of nitrogens with zero attached hydrogens (tertiary/aromatic N) is 2. The number of fused-ring (bicyclic) bond motifs is 1. The Kier molecular flexibility index (Phi) is 3.24. The van der Waals surface area contributed by atoms with Crippen LogP contribution in [0.15, 0.2) is 24.4 Å². The SMILES string of the molecule is CNc1c(C#N)cnc2ccc(OC(F)F)cc12.